The molecule has 3 nitrogen and oxygen atoms in total. The lowest BCUT2D eigenvalue weighted by Gasteiger charge is -2.22. The highest BCUT2D eigenvalue weighted by Crippen LogP contribution is 2.26. The topological polar surface area (TPSA) is 38.3 Å². The Morgan fingerprint density at radius 1 is 1.15 bits per heavy atom. The Bertz CT molecular complexity index is 797. The first-order valence-electron chi connectivity index (χ1n) is 9.64. The van der Waals surface area contributed by atoms with E-state index in [0.29, 0.717) is 6.42 Å². The Balaban J connectivity index is 1.68. The van der Waals surface area contributed by atoms with Gasteiger partial charge in [-0.15, -0.1) is 0 Å². The summed E-state index contributed by atoms with van der Waals surface area (Å²) in [6.07, 6.45) is 3.72. The summed E-state index contributed by atoms with van der Waals surface area (Å²) in [5.41, 5.74) is 6.31. The third kappa shape index (κ3) is 3.92. The van der Waals surface area contributed by atoms with Gasteiger partial charge in [0, 0.05) is 0 Å². The molecule has 1 amide bonds. The van der Waals surface area contributed by atoms with Crippen LogP contribution in [0.4, 0.5) is 0 Å². The van der Waals surface area contributed by atoms with Crippen molar-refractivity contribution in [3.63, 3.8) is 0 Å². The lowest BCUT2D eigenvalue weighted by atomic mass is 10.0. The van der Waals surface area contributed by atoms with Crippen molar-refractivity contribution in [2.75, 3.05) is 0 Å². The van der Waals surface area contributed by atoms with Crippen LogP contribution >= 0.6 is 0 Å². The minimum Gasteiger partial charge on any atom is -0.480 e. The van der Waals surface area contributed by atoms with Crippen LogP contribution in [0.3, 0.4) is 0 Å². The molecule has 2 aromatic carbocycles. The molecule has 0 unspecified atom stereocenters. The van der Waals surface area contributed by atoms with E-state index in [1.807, 2.05) is 32.9 Å². The van der Waals surface area contributed by atoms with E-state index in [2.05, 4.69) is 36.5 Å². The van der Waals surface area contributed by atoms with Gasteiger partial charge in [-0.25, -0.2) is 0 Å². The van der Waals surface area contributed by atoms with Crippen LogP contribution in [0.2, 0.25) is 0 Å². The second kappa shape index (κ2) is 7.94. The van der Waals surface area contributed by atoms with Crippen molar-refractivity contribution in [2.24, 2.45) is 0 Å². The van der Waals surface area contributed by atoms with Crippen LogP contribution in [0, 0.1) is 13.8 Å². The minimum atomic E-state index is -0.479. The fraction of sp³-hybridized carbons (Fsp3) is 0.435. The number of aryl methyl sites for hydroxylation is 3. The van der Waals surface area contributed by atoms with Crippen LogP contribution in [0.5, 0.6) is 5.75 Å². The lowest BCUT2D eigenvalue weighted by Crippen LogP contribution is -2.39. The van der Waals surface area contributed by atoms with Crippen molar-refractivity contribution in [3.05, 3.63) is 64.2 Å². The van der Waals surface area contributed by atoms with Gasteiger partial charge in [-0.3, -0.25) is 4.79 Å². The van der Waals surface area contributed by atoms with E-state index in [0.717, 1.165) is 17.7 Å². The molecule has 0 saturated heterocycles. The molecule has 0 fully saturated rings. The Morgan fingerprint density at radius 2 is 1.92 bits per heavy atom. The van der Waals surface area contributed by atoms with Crippen LogP contribution in [0.25, 0.3) is 0 Å². The van der Waals surface area contributed by atoms with Crippen molar-refractivity contribution in [2.45, 2.75) is 65.5 Å². The summed E-state index contributed by atoms with van der Waals surface area (Å²) in [5, 5.41) is 3.13. The van der Waals surface area contributed by atoms with Gasteiger partial charge in [0.05, 0.1) is 6.04 Å². The molecule has 0 spiro atoms. The summed E-state index contributed by atoms with van der Waals surface area (Å²) in [6.45, 7) is 8.11. The summed E-state index contributed by atoms with van der Waals surface area (Å²) >= 11 is 0. The maximum atomic E-state index is 12.8. The number of fused-ring (bicyclic) bond motifs is 1. The quantitative estimate of drug-likeness (QED) is 0.810. The van der Waals surface area contributed by atoms with E-state index in [1.54, 1.807) is 0 Å². The second-order valence-electron chi connectivity index (χ2n) is 7.32. The third-order valence-electron chi connectivity index (χ3n) is 5.47. The molecule has 0 bridgehead atoms. The fourth-order valence-corrected chi connectivity index (χ4v) is 3.58. The Kier molecular flexibility index (Phi) is 5.65. The molecular formula is C23H29NO2. The van der Waals surface area contributed by atoms with Crippen molar-refractivity contribution in [3.8, 4) is 5.75 Å². The molecule has 0 aliphatic heterocycles. The van der Waals surface area contributed by atoms with E-state index in [9.17, 15) is 4.79 Å². The second-order valence-corrected chi connectivity index (χ2v) is 7.32. The number of carbonyl (C=O) groups is 1. The number of nitrogens with one attached hydrogen (secondary N) is 1. The molecule has 26 heavy (non-hydrogen) atoms. The summed E-state index contributed by atoms with van der Waals surface area (Å²) in [5.74, 6) is 0.735. The van der Waals surface area contributed by atoms with Crippen LogP contribution in [-0.4, -0.2) is 12.0 Å². The monoisotopic (exact) mass is 351 g/mol. The van der Waals surface area contributed by atoms with E-state index in [4.69, 9.17) is 4.74 Å². The highest BCUT2D eigenvalue weighted by molar-refractivity contribution is 5.81. The predicted molar refractivity (Wildman–Crippen MR) is 106 cm³/mol. The Hall–Kier alpha value is -2.29. The number of carbonyl (C=O) groups excluding carboxylic acids is 1. The number of benzene rings is 2. The number of hydrogen-bond acceptors (Lipinski definition) is 2. The fourth-order valence-electron chi connectivity index (χ4n) is 3.58. The number of hydrogen-bond donors (Lipinski definition) is 1. The van der Waals surface area contributed by atoms with Gasteiger partial charge in [-0.05, 0) is 80.3 Å². The van der Waals surface area contributed by atoms with E-state index >= 15 is 0 Å². The zero-order valence-electron chi connectivity index (χ0n) is 16.3. The third-order valence-corrected chi connectivity index (χ3v) is 5.47. The molecule has 0 aromatic heterocycles. The molecule has 1 N–H and O–H groups in total. The smallest absolute Gasteiger partial charge is 0.261 e. The van der Waals surface area contributed by atoms with Gasteiger partial charge in [0.25, 0.3) is 5.91 Å². The summed E-state index contributed by atoms with van der Waals surface area (Å²) in [7, 11) is 0. The largest absolute Gasteiger partial charge is 0.480 e. The van der Waals surface area contributed by atoms with E-state index < -0.39 is 6.10 Å². The summed E-state index contributed by atoms with van der Waals surface area (Å²) < 4.78 is 6.04. The van der Waals surface area contributed by atoms with Crippen LogP contribution in [0.15, 0.2) is 36.4 Å². The van der Waals surface area contributed by atoms with Gasteiger partial charge in [0.15, 0.2) is 6.10 Å². The first kappa shape index (κ1) is 18.5. The zero-order chi connectivity index (χ0) is 18.7. The highest BCUT2D eigenvalue weighted by Gasteiger charge is 2.22. The lowest BCUT2D eigenvalue weighted by molar-refractivity contribution is -0.128. The number of rotatable bonds is 6. The average Bonchev–Trinajstić information content (AvgIpc) is 3.10. The van der Waals surface area contributed by atoms with Crippen LogP contribution in [-0.2, 0) is 17.6 Å². The van der Waals surface area contributed by atoms with Gasteiger partial charge in [0.1, 0.15) is 5.75 Å². The average molecular weight is 351 g/mol. The molecular weight excluding hydrogens is 322 g/mol. The van der Waals surface area contributed by atoms with Gasteiger partial charge in [0.2, 0.25) is 0 Å². The Morgan fingerprint density at radius 3 is 2.69 bits per heavy atom. The molecule has 3 rings (SSSR count). The maximum Gasteiger partial charge on any atom is 0.261 e. The summed E-state index contributed by atoms with van der Waals surface area (Å²) in [4.78, 5) is 12.8. The minimum absolute atomic E-state index is 0.0235. The molecule has 2 aromatic rings. The van der Waals surface area contributed by atoms with Crippen molar-refractivity contribution in [1.82, 2.24) is 5.32 Å². The van der Waals surface area contributed by atoms with Crippen LogP contribution in [0.1, 0.15) is 60.5 Å². The van der Waals surface area contributed by atoms with E-state index in [1.165, 1.54) is 35.1 Å². The molecule has 138 valence electrons. The normalized spacial score (nSPS) is 15.2. The molecule has 0 radical (unpaired) electrons. The first-order valence-corrected chi connectivity index (χ1v) is 9.64. The molecule has 2 atom stereocenters. The van der Waals surface area contributed by atoms with Crippen molar-refractivity contribution in [1.29, 1.82) is 0 Å². The number of ether oxygens (including phenoxy) is 1. The van der Waals surface area contributed by atoms with Crippen LogP contribution < -0.4 is 10.1 Å². The molecule has 1 aliphatic carbocycles. The molecule has 0 heterocycles. The number of amides is 1. The standard InChI is InChI=1S/C23H29NO2/c1-5-21(26-22-11-6-8-15(2)16(22)3)23(25)24-17(4)19-13-12-18-9-7-10-20(18)14-19/h6,8,11-14,17,21H,5,7,9-10H2,1-4H3,(H,24,25)/t17-,21-/m1/s1. The van der Waals surface area contributed by atoms with E-state index in [-0.39, 0.29) is 11.9 Å². The Labute approximate surface area is 156 Å². The van der Waals surface area contributed by atoms with Crippen molar-refractivity contribution < 1.29 is 9.53 Å². The predicted octanol–water partition coefficient (Wildman–Crippen LogP) is 4.83. The molecule has 1 aliphatic rings. The summed E-state index contributed by atoms with van der Waals surface area (Å²) in [6, 6.07) is 12.5. The molecule has 0 saturated carbocycles. The molecule has 3 heteroatoms. The van der Waals surface area contributed by atoms with Gasteiger partial charge < -0.3 is 10.1 Å². The SMILES string of the molecule is CC[C@@H](Oc1cccc(C)c1C)C(=O)N[C@H](C)c1ccc2c(c1)CCC2. The van der Waals surface area contributed by atoms with Gasteiger partial charge in [-0.2, -0.15) is 0 Å². The maximum absolute atomic E-state index is 12.8. The zero-order valence-corrected chi connectivity index (χ0v) is 16.3. The van der Waals surface area contributed by atoms with Gasteiger partial charge in [-0.1, -0.05) is 37.3 Å². The van der Waals surface area contributed by atoms with Gasteiger partial charge >= 0.3 is 0 Å². The highest BCUT2D eigenvalue weighted by atomic mass is 16.5. The van der Waals surface area contributed by atoms with Crippen molar-refractivity contribution >= 4 is 5.91 Å². The first-order chi connectivity index (χ1) is 12.5.